The minimum atomic E-state index is 1.03. The second-order valence-electron chi connectivity index (χ2n) is 8.48. The van der Waals surface area contributed by atoms with E-state index in [9.17, 15) is 0 Å². The van der Waals surface area contributed by atoms with Crippen LogP contribution in [0, 0.1) is 0 Å². The van der Waals surface area contributed by atoms with Crippen molar-refractivity contribution in [3.8, 4) is 11.1 Å². The molecule has 1 aromatic heterocycles. The van der Waals surface area contributed by atoms with Gasteiger partial charge in [-0.3, -0.25) is 0 Å². The maximum Gasteiger partial charge on any atom is 0.0574 e. The highest BCUT2D eigenvalue weighted by atomic mass is 14.9. The van der Waals surface area contributed by atoms with Gasteiger partial charge in [0.2, 0.25) is 0 Å². The molecule has 0 spiro atoms. The fourth-order valence-corrected chi connectivity index (χ4v) is 5.87. The van der Waals surface area contributed by atoms with E-state index in [1.165, 1.54) is 66.0 Å². The molecule has 0 aliphatic heterocycles. The van der Waals surface area contributed by atoms with Gasteiger partial charge in [-0.2, -0.15) is 0 Å². The Bertz CT molecular complexity index is 1530. The number of fused-ring (bicyclic) bond motifs is 12. The number of aromatic nitrogens is 1. The van der Waals surface area contributed by atoms with Gasteiger partial charge in [0.25, 0.3) is 0 Å². The molecule has 0 radical (unpaired) electrons. The van der Waals surface area contributed by atoms with Crippen LogP contribution in [-0.2, 0) is 19.9 Å². The lowest BCUT2D eigenvalue weighted by Gasteiger charge is -2.19. The van der Waals surface area contributed by atoms with Crippen molar-refractivity contribution in [2.45, 2.75) is 19.3 Å². The van der Waals surface area contributed by atoms with Crippen LogP contribution in [0.4, 0.5) is 0 Å². The molecule has 5 aromatic rings. The first-order valence-electron chi connectivity index (χ1n) is 10.6. The largest absolute Gasteiger partial charge is 0.343 e. The van der Waals surface area contributed by atoms with Crippen molar-refractivity contribution in [3.05, 3.63) is 89.0 Å². The van der Waals surface area contributed by atoms with Crippen LogP contribution in [0.15, 0.2) is 66.7 Å². The zero-order valence-electron chi connectivity index (χ0n) is 16.5. The van der Waals surface area contributed by atoms with Gasteiger partial charge in [-0.1, -0.05) is 66.7 Å². The Morgan fingerprint density at radius 1 is 0.759 bits per heavy atom. The normalized spacial score (nSPS) is 14.5. The van der Waals surface area contributed by atoms with Crippen LogP contribution in [0.25, 0.3) is 49.8 Å². The zero-order valence-corrected chi connectivity index (χ0v) is 16.5. The topological polar surface area (TPSA) is 4.93 Å². The fraction of sp³-hybridized carbons (Fsp3) is 0.143. The standard InChI is InChI=1S/C28H21N/c1-29-25-13-7-6-12-23(25)26-21-11-5-4-10-19(21)22-15-14-20-18-9-3-2-8-17(18)16-24(20)27(22)28(26)29/h2-4,6-10,12-15H,5,11,16H2,1H3. The average Bonchev–Trinajstić information content (AvgIpc) is 3.30. The Morgan fingerprint density at radius 2 is 1.59 bits per heavy atom. The summed E-state index contributed by atoms with van der Waals surface area (Å²) < 4.78 is 2.44. The monoisotopic (exact) mass is 371 g/mol. The third-order valence-electron chi connectivity index (χ3n) is 7.09. The SMILES string of the molecule is Cn1c2ccccc2c2c3c(c4ccc5c(c4c21)Cc1ccccc1-5)C=CCC3. The zero-order chi connectivity index (χ0) is 19.1. The molecule has 0 fully saturated rings. The summed E-state index contributed by atoms with van der Waals surface area (Å²) in [6.07, 6.45) is 8.01. The maximum absolute atomic E-state index is 2.44. The van der Waals surface area contributed by atoms with E-state index in [4.69, 9.17) is 0 Å². The number of aryl methyl sites for hydroxylation is 2. The molecule has 0 amide bonds. The van der Waals surface area contributed by atoms with Gasteiger partial charge < -0.3 is 4.57 Å². The van der Waals surface area contributed by atoms with Gasteiger partial charge in [0.15, 0.2) is 0 Å². The number of rotatable bonds is 0. The fourth-order valence-electron chi connectivity index (χ4n) is 5.87. The van der Waals surface area contributed by atoms with Gasteiger partial charge >= 0.3 is 0 Å². The summed E-state index contributed by atoms with van der Waals surface area (Å²) in [5, 5.41) is 5.74. The Morgan fingerprint density at radius 3 is 2.55 bits per heavy atom. The molecule has 2 aliphatic carbocycles. The molecule has 138 valence electrons. The van der Waals surface area contributed by atoms with Gasteiger partial charge in [-0.15, -0.1) is 0 Å². The van der Waals surface area contributed by atoms with Crippen LogP contribution in [0.1, 0.15) is 28.7 Å². The number of allylic oxidation sites excluding steroid dienone is 1. The Labute approximate surface area is 169 Å². The van der Waals surface area contributed by atoms with E-state index in [2.05, 4.69) is 84.4 Å². The molecule has 1 heteroatoms. The molecule has 29 heavy (non-hydrogen) atoms. The molecule has 4 aromatic carbocycles. The first-order valence-corrected chi connectivity index (χ1v) is 10.6. The van der Waals surface area contributed by atoms with Crippen molar-refractivity contribution < 1.29 is 0 Å². The summed E-state index contributed by atoms with van der Waals surface area (Å²) in [5.41, 5.74) is 11.5. The van der Waals surface area contributed by atoms with E-state index >= 15 is 0 Å². The van der Waals surface area contributed by atoms with Crippen molar-refractivity contribution in [1.82, 2.24) is 4.57 Å². The number of para-hydroxylation sites is 1. The molecule has 0 bridgehead atoms. The van der Waals surface area contributed by atoms with Crippen molar-refractivity contribution in [2.75, 3.05) is 0 Å². The van der Waals surface area contributed by atoms with E-state index in [0.29, 0.717) is 0 Å². The number of hydrogen-bond donors (Lipinski definition) is 0. The quantitative estimate of drug-likeness (QED) is 0.270. The van der Waals surface area contributed by atoms with Crippen LogP contribution in [0.3, 0.4) is 0 Å². The molecule has 0 saturated heterocycles. The van der Waals surface area contributed by atoms with Crippen molar-refractivity contribution in [3.63, 3.8) is 0 Å². The first-order chi connectivity index (χ1) is 14.3. The lowest BCUT2D eigenvalue weighted by Crippen LogP contribution is -2.00. The van der Waals surface area contributed by atoms with Crippen LogP contribution in [0.2, 0.25) is 0 Å². The summed E-state index contributed by atoms with van der Waals surface area (Å²) >= 11 is 0. The number of hydrogen-bond acceptors (Lipinski definition) is 0. The lowest BCUT2D eigenvalue weighted by atomic mass is 9.86. The van der Waals surface area contributed by atoms with Crippen LogP contribution < -0.4 is 0 Å². The molecule has 0 atom stereocenters. The highest BCUT2D eigenvalue weighted by molar-refractivity contribution is 6.23. The average molecular weight is 371 g/mol. The van der Waals surface area contributed by atoms with Crippen molar-refractivity contribution in [2.24, 2.45) is 7.05 Å². The second-order valence-corrected chi connectivity index (χ2v) is 8.48. The summed E-state index contributed by atoms with van der Waals surface area (Å²) in [5.74, 6) is 0. The van der Waals surface area contributed by atoms with E-state index in [-0.39, 0.29) is 0 Å². The molecule has 0 N–H and O–H groups in total. The van der Waals surface area contributed by atoms with Crippen LogP contribution in [0.5, 0.6) is 0 Å². The van der Waals surface area contributed by atoms with Gasteiger partial charge in [-0.25, -0.2) is 0 Å². The van der Waals surface area contributed by atoms with Crippen molar-refractivity contribution >= 4 is 38.7 Å². The first kappa shape index (κ1) is 15.6. The summed E-state index contributed by atoms with van der Waals surface area (Å²) in [6, 6.07) is 22.6. The number of nitrogens with zero attached hydrogens (tertiary/aromatic N) is 1. The third-order valence-corrected chi connectivity index (χ3v) is 7.09. The van der Waals surface area contributed by atoms with E-state index in [1.807, 2.05) is 0 Å². The molecular weight excluding hydrogens is 350 g/mol. The minimum absolute atomic E-state index is 1.03. The van der Waals surface area contributed by atoms with E-state index in [1.54, 1.807) is 0 Å². The molecular formula is C28H21N. The Kier molecular flexibility index (Phi) is 2.90. The summed E-state index contributed by atoms with van der Waals surface area (Å²) in [4.78, 5) is 0. The summed E-state index contributed by atoms with van der Waals surface area (Å²) in [6.45, 7) is 0. The van der Waals surface area contributed by atoms with Gasteiger partial charge in [-0.05, 0) is 64.1 Å². The van der Waals surface area contributed by atoms with Gasteiger partial charge in [0, 0.05) is 28.7 Å². The van der Waals surface area contributed by atoms with Gasteiger partial charge in [0.05, 0.1) is 5.52 Å². The van der Waals surface area contributed by atoms with Gasteiger partial charge in [0.1, 0.15) is 0 Å². The van der Waals surface area contributed by atoms with E-state index in [0.717, 1.165) is 19.3 Å². The second kappa shape index (κ2) is 5.39. The lowest BCUT2D eigenvalue weighted by molar-refractivity contribution is 0.994. The Hall–Kier alpha value is -3.32. The molecule has 0 saturated carbocycles. The number of benzene rings is 4. The van der Waals surface area contributed by atoms with Crippen LogP contribution in [-0.4, -0.2) is 4.57 Å². The molecule has 0 unspecified atom stereocenters. The molecule has 1 heterocycles. The minimum Gasteiger partial charge on any atom is -0.343 e. The third kappa shape index (κ3) is 1.86. The van der Waals surface area contributed by atoms with Crippen LogP contribution >= 0.6 is 0 Å². The van der Waals surface area contributed by atoms with E-state index < -0.39 is 0 Å². The Balaban J connectivity index is 1.77. The smallest absolute Gasteiger partial charge is 0.0574 e. The predicted molar refractivity (Wildman–Crippen MR) is 124 cm³/mol. The highest BCUT2D eigenvalue weighted by Crippen LogP contribution is 2.47. The maximum atomic E-state index is 2.44. The molecule has 7 rings (SSSR count). The molecule has 1 nitrogen and oxygen atoms in total. The highest BCUT2D eigenvalue weighted by Gasteiger charge is 2.26. The predicted octanol–water partition coefficient (Wildman–Crippen LogP) is 7.02. The van der Waals surface area contributed by atoms with Crippen molar-refractivity contribution in [1.29, 1.82) is 0 Å². The summed E-state index contributed by atoms with van der Waals surface area (Å²) in [7, 11) is 2.25. The molecule has 2 aliphatic rings.